The SMILES string of the molecule is Fc1ccc(C2(Cc3ncc(-c4nnc(C(F)F)o4)cn3)CC2)cc1. The fourth-order valence-corrected chi connectivity index (χ4v) is 2.82. The van der Waals surface area contributed by atoms with Crippen LogP contribution >= 0.6 is 0 Å². The normalized spacial score (nSPS) is 15.5. The molecule has 1 aliphatic rings. The van der Waals surface area contributed by atoms with Crippen LogP contribution in [-0.2, 0) is 11.8 Å². The summed E-state index contributed by atoms with van der Waals surface area (Å²) in [4.78, 5) is 8.55. The summed E-state index contributed by atoms with van der Waals surface area (Å²) < 4.78 is 42.9. The van der Waals surface area contributed by atoms with Crippen molar-refractivity contribution in [3.63, 3.8) is 0 Å². The molecule has 0 atom stereocenters. The van der Waals surface area contributed by atoms with Crippen molar-refractivity contribution >= 4 is 0 Å². The van der Waals surface area contributed by atoms with E-state index in [0.29, 0.717) is 17.8 Å². The van der Waals surface area contributed by atoms with E-state index in [-0.39, 0.29) is 17.1 Å². The second-order valence-electron chi connectivity index (χ2n) is 6.10. The van der Waals surface area contributed by atoms with E-state index in [1.807, 2.05) is 0 Å². The van der Waals surface area contributed by atoms with Crippen molar-refractivity contribution in [1.29, 1.82) is 0 Å². The van der Waals surface area contributed by atoms with E-state index < -0.39 is 12.3 Å². The summed E-state index contributed by atoms with van der Waals surface area (Å²) >= 11 is 0. The van der Waals surface area contributed by atoms with Gasteiger partial charge in [-0.05, 0) is 30.5 Å². The quantitative estimate of drug-likeness (QED) is 0.701. The minimum Gasteiger partial charge on any atom is -0.415 e. The van der Waals surface area contributed by atoms with Crippen LogP contribution in [0.4, 0.5) is 13.2 Å². The predicted octanol–water partition coefficient (Wildman–Crippen LogP) is 3.88. The van der Waals surface area contributed by atoms with E-state index >= 15 is 0 Å². The molecule has 128 valence electrons. The summed E-state index contributed by atoms with van der Waals surface area (Å²) in [5, 5.41) is 6.85. The minimum absolute atomic E-state index is 0.0403. The van der Waals surface area contributed by atoms with Crippen LogP contribution in [0.25, 0.3) is 11.5 Å². The van der Waals surface area contributed by atoms with Crippen LogP contribution in [-0.4, -0.2) is 20.2 Å². The van der Waals surface area contributed by atoms with Gasteiger partial charge in [-0.1, -0.05) is 12.1 Å². The van der Waals surface area contributed by atoms with E-state index in [4.69, 9.17) is 4.42 Å². The lowest BCUT2D eigenvalue weighted by molar-refractivity contribution is 0.116. The van der Waals surface area contributed by atoms with Crippen LogP contribution in [0.3, 0.4) is 0 Å². The molecule has 5 nitrogen and oxygen atoms in total. The van der Waals surface area contributed by atoms with Gasteiger partial charge >= 0.3 is 6.43 Å². The van der Waals surface area contributed by atoms with Gasteiger partial charge in [-0.2, -0.15) is 8.78 Å². The summed E-state index contributed by atoms with van der Waals surface area (Å²) in [5.74, 6) is -0.407. The first kappa shape index (κ1) is 15.7. The number of halogens is 3. The second-order valence-corrected chi connectivity index (χ2v) is 6.10. The molecule has 1 fully saturated rings. The number of aromatic nitrogens is 4. The Labute approximate surface area is 141 Å². The highest BCUT2D eigenvalue weighted by atomic mass is 19.3. The highest BCUT2D eigenvalue weighted by Gasteiger charge is 2.44. The number of hydrogen-bond donors (Lipinski definition) is 0. The molecule has 1 saturated carbocycles. The topological polar surface area (TPSA) is 64.7 Å². The van der Waals surface area contributed by atoms with E-state index in [1.165, 1.54) is 24.5 Å². The summed E-state index contributed by atoms with van der Waals surface area (Å²) in [6, 6.07) is 6.49. The highest BCUT2D eigenvalue weighted by Crippen LogP contribution is 2.50. The van der Waals surface area contributed by atoms with Crippen LogP contribution in [0, 0.1) is 5.82 Å². The summed E-state index contributed by atoms with van der Waals surface area (Å²) in [6.45, 7) is 0. The average Bonchev–Trinajstić information content (AvgIpc) is 3.21. The van der Waals surface area contributed by atoms with Crippen molar-refractivity contribution in [3.8, 4) is 11.5 Å². The first-order valence-corrected chi connectivity index (χ1v) is 7.75. The van der Waals surface area contributed by atoms with Gasteiger partial charge in [-0.25, -0.2) is 14.4 Å². The number of hydrogen-bond acceptors (Lipinski definition) is 5. The van der Waals surface area contributed by atoms with E-state index in [1.54, 1.807) is 12.1 Å². The Morgan fingerprint density at radius 3 is 2.28 bits per heavy atom. The molecule has 2 heterocycles. The minimum atomic E-state index is -2.81. The molecule has 1 aromatic carbocycles. The largest absolute Gasteiger partial charge is 0.415 e. The van der Waals surface area contributed by atoms with Crippen LogP contribution in [0.1, 0.15) is 36.5 Å². The van der Waals surface area contributed by atoms with Gasteiger partial charge in [0.25, 0.3) is 11.8 Å². The average molecular weight is 346 g/mol. The maximum absolute atomic E-state index is 13.1. The Bertz CT molecular complexity index is 874. The summed E-state index contributed by atoms with van der Waals surface area (Å²) in [5.41, 5.74) is 1.40. The van der Waals surface area contributed by atoms with Crippen molar-refractivity contribution in [3.05, 3.63) is 59.8 Å². The standard InChI is InChI=1S/C17H13F3N4O/c18-12-3-1-11(2-4-12)17(5-6-17)7-13-21-8-10(9-22-13)15-23-24-16(25-15)14(19)20/h1-4,8-9,14H,5-7H2. The molecular weight excluding hydrogens is 333 g/mol. The van der Waals surface area contributed by atoms with Crippen molar-refractivity contribution in [2.75, 3.05) is 0 Å². The van der Waals surface area contributed by atoms with Crippen molar-refractivity contribution < 1.29 is 17.6 Å². The van der Waals surface area contributed by atoms with E-state index in [2.05, 4.69) is 20.2 Å². The lowest BCUT2D eigenvalue weighted by Crippen LogP contribution is -2.13. The zero-order chi connectivity index (χ0) is 17.4. The molecule has 0 N–H and O–H groups in total. The Morgan fingerprint density at radius 2 is 1.72 bits per heavy atom. The monoisotopic (exact) mass is 346 g/mol. The molecule has 25 heavy (non-hydrogen) atoms. The van der Waals surface area contributed by atoms with Gasteiger partial charge in [0.2, 0.25) is 0 Å². The fourth-order valence-electron chi connectivity index (χ4n) is 2.82. The molecule has 1 aliphatic carbocycles. The zero-order valence-corrected chi connectivity index (χ0v) is 13.0. The Kier molecular flexibility index (Phi) is 3.74. The van der Waals surface area contributed by atoms with Crippen LogP contribution < -0.4 is 0 Å². The lowest BCUT2D eigenvalue weighted by atomic mass is 9.92. The zero-order valence-electron chi connectivity index (χ0n) is 13.0. The number of benzene rings is 1. The third kappa shape index (κ3) is 3.11. The molecule has 0 aliphatic heterocycles. The third-order valence-electron chi connectivity index (χ3n) is 4.39. The molecule has 0 radical (unpaired) electrons. The molecule has 0 amide bonds. The molecule has 0 unspecified atom stereocenters. The molecule has 0 saturated heterocycles. The molecule has 0 spiro atoms. The number of rotatable bonds is 5. The second kappa shape index (κ2) is 5.94. The molecule has 3 aromatic rings. The van der Waals surface area contributed by atoms with Gasteiger partial charge < -0.3 is 4.42 Å². The van der Waals surface area contributed by atoms with E-state index in [9.17, 15) is 13.2 Å². The summed E-state index contributed by atoms with van der Waals surface area (Å²) in [7, 11) is 0. The molecule has 4 rings (SSSR count). The van der Waals surface area contributed by atoms with Gasteiger partial charge in [0.05, 0.1) is 5.56 Å². The first-order chi connectivity index (χ1) is 12.1. The van der Waals surface area contributed by atoms with Crippen molar-refractivity contribution in [1.82, 2.24) is 20.2 Å². The molecule has 2 aromatic heterocycles. The molecular formula is C17H13F3N4O. The van der Waals surface area contributed by atoms with Gasteiger partial charge in [-0.3, -0.25) is 0 Å². The summed E-state index contributed by atoms with van der Waals surface area (Å²) in [6.07, 6.45) is 2.76. The van der Waals surface area contributed by atoms with Gasteiger partial charge in [0.15, 0.2) is 0 Å². The van der Waals surface area contributed by atoms with Crippen LogP contribution in [0.15, 0.2) is 41.1 Å². The number of nitrogens with zero attached hydrogens (tertiary/aromatic N) is 4. The Balaban J connectivity index is 1.51. The smallest absolute Gasteiger partial charge is 0.314 e. The fraction of sp³-hybridized carbons (Fsp3) is 0.294. The third-order valence-corrected chi connectivity index (χ3v) is 4.39. The maximum Gasteiger partial charge on any atom is 0.314 e. The Morgan fingerprint density at radius 1 is 1.04 bits per heavy atom. The molecule has 8 heteroatoms. The van der Waals surface area contributed by atoms with E-state index in [0.717, 1.165) is 18.4 Å². The van der Waals surface area contributed by atoms with Crippen molar-refractivity contribution in [2.45, 2.75) is 31.1 Å². The van der Waals surface area contributed by atoms with Crippen molar-refractivity contribution in [2.24, 2.45) is 0 Å². The first-order valence-electron chi connectivity index (χ1n) is 7.75. The van der Waals surface area contributed by atoms with Crippen LogP contribution in [0.2, 0.25) is 0 Å². The van der Waals surface area contributed by atoms with Gasteiger partial charge in [-0.15, -0.1) is 10.2 Å². The highest BCUT2D eigenvalue weighted by molar-refractivity contribution is 5.48. The maximum atomic E-state index is 13.1. The molecule has 0 bridgehead atoms. The lowest BCUT2D eigenvalue weighted by Gasteiger charge is -2.14. The van der Waals surface area contributed by atoms with Gasteiger partial charge in [0, 0.05) is 24.2 Å². The predicted molar refractivity (Wildman–Crippen MR) is 81.3 cm³/mol. The number of alkyl halides is 2. The Hall–Kier alpha value is -2.77. The van der Waals surface area contributed by atoms with Crippen LogP contribution in [0.5, 0.6) is 0 Å². The van der Waals surface area contributed by atoms with Gasteiger partial charge in [0.1, 0.15) is 11.6 Å².